The number of amides is 1. The lowest BCUT2D eigenvalue weighted by molar-refractivity contribution is 0.158. The van der Waals surface area contributed by atoms with Crippen LogP contribution in [0.25, 0.3) is 10.9 Å². The van der Waals surface area contributed by atoms with Crippen LogP contribution in [0.1, 0.15) is 11.3 Å². The molecule has 0 aliphatic heterocycles. The first kappa shape index (κ1) is 10.5. The van der Waals surface area contributed by atoms with Crippen molar-refractivity contribution in [2.24, 2.45) is 5.73 Å². The van der Waals surface area contributed by atoms with Crippen LogP contribution in [-0.2, 0) is 11.2 Å². The van der Waals surface area contributed by atoms with Crippen molar-refractivity contribution in [2.45, 2.75) is 13.3 Å². The number of hydrogen-bond acceptors (Lipinski definition) is 2. The molecule has 0 unspecified atom stereocenters. The van der Waals surface area contributed by atoms with Crippen molar-refractivity contribution in [1.29, 1.82) is 0 Å². The molecule has 0 aliphatic rings. The molecule has 1 aromatic heterocycles. The number of fused-ring (bicyclic) bond motifs is 1. The zero-order valence-corrected chi connectivity index (χ0v) is 9.12. The molecule has 0 saturated carbocycles. The molecular weight excluding hydrogens is 204 g/mol. The minimum absolute atomic E-state index is 0.317. The first-order chi connectivity index (χ1) is 7.68. The number of aryl methyl sites for hydroxylation is 1. The molecule has 16 heavy (non-hydrogen) atoms. The van der Waals surface area contributed by atoms with Crippen LogP contribution in [0.2, 0.25) is 0 Å². The Morgan fingerprint density at radius 1 is 1.44 bits per heavy atom. The normalized spacial score (nSPS) is 10.6. The van der Waals surface area contributed by atoms with Gasteiger partial charge >= 0.3 is 6.09 Å². The highest BCUT2D eigenvalue weighted by atomic mass is 16.5. The van der Waals surface area contributed by atoms with Crippen LogP contribution in [0.4, 0.5) is 4.79 Å². The average Bonchev–Trinajstić information content (AvgIpc) is 2.55. The molecule has 3 N–H and O–H groups in total. The van der Waals surface area contributed by atoms with Gasteiger partial charge in [0.1, 0.15) is 0 Å². The van der Waals surface area contributed by atoms with Gasteiger partial charge in [-0.3, -0.25) is 0 Å². The van der Waals surface area contributed by atoms with Crippen molar-refractivity contribution in [2.75, 3.05) is 6.61 Å². The van der Waals surface area contributed by atoms with Crippen molar-refractivity contribution in [1.82, 2.24) is 4.98 Å². The highest BCUT2D eigenvalue weighted by molar-refractivity contribution is 5.84. The lowest BCUT2D eigenvalue weighted by atomic mass is 10.1. The van der Waals surface area contributed by atoms with Gasteiger partial charge in [-0.25, -0.2) is 4.79 Å². The van der Waals surface area contributed by atoms with Crippen LogP contribution in [0, 0.1) is 6.92 Å². The van der Waals surface area contributed by atoms with Crippen LogP contribution in [0.3, 0.4) is 0 Å². The number of nitrogens with two attached hydrogens (primary N) is 1. The number of primary amides is 1. The van der Waals surface area contributed by atoms with E-state index < -0.39 is 6.09 Å². The zero-order chi connectivity index (χ0) is 11.5. The van der Waals surface area contributed by atoms with E-state index in [1.54, 1.807) is 0 Å². The lowest BCUT2D eigenvalue weighted by Gasteiger charge is -2.02. The van der Waals surface area contributed by atoms with Gasteiger partial charge < -0.3 is 15.5 Å². The molecule has 0 fully saturated rings. The number of carbonyl (C=O) groups excluding carboxylic acids is 1. The monoisotopic (exact) mass is 218 g/mol. The molecule has 1 heterocycles. The Labute approximate surface area is 93.4 Å². The van der Waals surface area contributed by atoms with E-state index in [0.29, 0.717) is 13.0 Å². The smallest absolute Gasteiger partial charge is 0.404 e. The van der Waals surface area contributed by atoms with E-state index in [2.05, 4.69) is 11.1 Å². The molecule has 0 aliphatic carbocycles. The maximum absolute atomic E-state index is 10.5. The number of carbonyl (C=O) groups is 1. The van der Waals surface area contributed by atoms with E-state index in [1.807, 2.05) is 25.1 Å². The molecule has 4 heteroatoms. The second kappa shape index (κ2) is 4.26. The van der Waals surface area contributed by atoms with Crippen molar-refractivity contribution in [3.8, 4) is 0 Å². The summed E-state index contributed by atoms with van der Waals surface area (Å²) in [5.41, 5.74) is 8.30. The van der Waals surface area contributed by atoms with Crippen LogP contribution in [-0.4, -0.2) is 17.7 Å². The number of ether oxygens (including phenoxy) is 1. The van der Waals surface area contributed by atoms with Gasteiger partial charge in [0.2, 0.25) is 0 Å². The van der Waals surface area contributed by atoms with Gasteiger partial charge in [-0.1, -0.05) is 18.2 Å². The summed E-state index contributed by atoms with van der Waals surface area (Å²) in [6.45, 7) is 2.33. The molecule has 2 aromatic rings. The van der Waals surface area contributed by atoms with E-state index in [9.17, 15) is 4.79 Å². The van der Waals surface area contributed by atoms with Crippen molar-refractivity contribution >= 4 is 17.0 Å². The van der Waals surface area contributed by atoms with Crippen LogP contribution in [0.5, 0.6) is 0 Å². The summed E-state index contributed by atoms with van der Waals surface area (Å²) in [4.78, 5) is 13.8. The van der Waals surface area contributed by atoms with Gasteiger partial charge in [0.25, 0.3) is 0 Å². The SMILES string of the molecule is Cc1[nH]c2ccccc2c1CCOC(N)=O. The number of hydrogen-bond donors (Lipinski definition) is 2. The third kappa shape index (κ3) is 2.00. The fourth-order valence-corrected chi connectivity index (χ4v) is 1.91. The Balaban J connectivity index is 2.22. The summed E-state index contributed by atoms with van der Waals surface area (Å²) in [7, 11) is 0. The fraction of sp³-hybridized carbons (Fsp3) is 0.250. The third-order valence-corrected chi connectivity index (χ3v) is 2.62. The Hall–Kier alpha value is -1.97. The van der Waals surface area contributed by atoms with E-state index in [4.69, 9.17) is 10.5 Å². The largest absolute Gasteiger partial charge is 0.449 e. The van der Waals surface area contributed by atoms with Crippen LogP contribution < -0.4 is 5.73 Å². The number of nitrogens with one attached hydrogen (secondary N) is 1. The van der Waals surface area contributed by atoms with E-state index in [-0.39, 0.29) is 0 Å². The van der Waals surface area contributed by atoms with Crippen LogP contribution in [0.15, 0.2) is 24.3 Å². The molecule has 0 saturated heterocycles. The van der Waals surface area contributed by atoms with Gasteiger partial charge in [-0.2, -0.15) is 0 Å². The number of aromatic nitrogens is 1. The summed E-state index contributed by atoms with van der Waals surface area (Å²) in [5, 5.41) is 1.17. The first-order valence-electron chi connectivity index (χ1n) is 5.17. The van der Waals surface area contributed by atoms with Crippen LogP contribution >= 0.6 is 0 Å². The molecule has 1 aromatic carbocycles. The standard InChI is InChI=1S/C12H14N2O2/c1-8-9(6-7-16-12(13)15)10-4-2-3-5-11(10)14-8/h2-5,14H,6-7H2,1H3,(H2,13,15). The molecule has 4 nitrogen and oxygen atoms in total. The average molecular weight is 218 g/mol. The minimum atomic E-state index is -0.725. The molecule has 84 valence electrons. The number of benzene rings is 1. The van der Waals surface area contributed by atoms with Gasteiger partial charge in [0.05, 0.1) is 6.61 Å². The molecule has 0 spiro atoms. The maximum atomic E-state index is 10.5. The molecule has 2 rings (SSSR count). The third-order valence-electron chi connectivity index (χ3n) is 2.62. The van der Waals surface area contributed by atoms with E-state index in [0.717, 1.165) is 11.2 Å². The topological polar surface area (TPSA) is 68.1 Å². The highest BCUT2D eigenvalue weighted by Gasteiger charge is 2.07. The Morgan fingerprint density at radius 2 is 2.19 bits per heavy atom. The predicted molar refractivity (Wildman–Crippen MR) is 62.3 cm³/mol. The lowest BCUT2D eigenvalue weighted by Crippen LogP contribution is -2.14. The number of rotatable bonds is 3. The molecule has 0 bridgehead atoms. The minimum Gasteiger partial charge on any atom is -0.449 e. The number of H-pyrrole nitrogens is 1. The fourth-order valence-electron chi connectivity index (χ4n) is 1.91. The van der Waals surface area contributed by atoms with Crippen molar-refractivity contribution < 1.29 is 9.53 Å². The number of para-hydroxylation sites is 1. The van der Waals surface area contributed by atoms with E-state index >= 15 is 0 Å². The Bertz CT molecular complexity index is 517. The summed E-state index contributed by atoms with van der Waals surface area (Å²) >= 11 is 0. The summed E-state index contributed by atoms with van der Waals surface area (Å²) < 4.78 is 4.74. The van der Waals surface area contributed by atoms with Crippen molar-refractivity contribution in [3.63, 3.8) is 0 Å². The first-order valence-corrected chi connectivity index (χ1v) is 5.17. The number of aromatic amines is 1. The second-order valence-electron chi connectivity index (χ2n) is 3.69. The van der Waals surface area contributed by atoms with E-state index in [1.165, 1.54) is 10.9 Å². The molecule has 1 amide bonds. The summed E-state index contributed by atoms with van der Waals surface area (Å²) in [6.07, 6.45) is -0.0452. The van der Waals surface area contributed by atoms with Gasteiger partial charge in [0.15, 0.2) is 0 Å². The maximum Gasteiger partial charge on any atom is 0.404 e. The van der Waals surface area contributed by atoms with Gasteiger partial charge in [0, 0.05) is 23.0 Å². The second-order valence-corrected chi connectivity index (χ2v) is 3.69. The summed E-state index contributed by atoms with van der Waals surface area (Å²) in [5.74, 6) is 0. The Kier molecular flexibility index (Phi) is 2.81. The summed E-state index contributed by atoms with van der Waals surface area (Å²) in [6, 6.07) is 8.06. The molecular formula is C12H14N2O2. The molecule has 0 radical (unpaired) electrons. The van der Waals surface area contributed by atoms with Crippen molar-refractivity contribution in [3.05, 3.63) is 35.5 Å². The predicted octanol–water partition coefficient (Wildman–Crippen LogP) is 2.11. The quantitative estimate of drug-likeness (QED) is 0.828. The van der Waals surface area contributed by atoms with Gasteiger partial charge in [-0.05, 0) is 18.6 Å². The van der Waals surface area contributed by atoms with Gasteiger partial charge in [-0.15, -0.1) is 0 Å². The zero-order valence-electron chi connectivity index (χ0n) is 9.12. The highest BCUT2D eigenvalue weighted by Crippen LogP contribution is 2.22. The Morgan fingerprint density at radius 3 is 2.94 bits per heavy atom. The molecule has 0 atom stereocenters.